The van der Waals surface area contributed by atoms with Gasteiger partial charge in [-0.1, -0.05) is 25.1 Å². The highest BCUT2D eigenvalue weighted by Gasteiger charge is 2.39. The average Bonchev–Trinajstić information content (AvgIpc) is 2.82. The first-order chi connectivity index (χ1) is 11.3. The number of hydrogen-bond acceptors (Lipinski definition) is 6. The van der Waals surface area contributed by atoms with Crippen LogP contribution in [0.3, 0.4) is 0 Å². The Kier molecular flexibility index (Phi) is 5.52. The molecule has 0 atom stereocenters. The molecule has 0 unspecified atom stereocenters. The lowest BCUT2D eigenvalue weighted by Crippen LogP contribution is -2.30. The molecule has 2 aromatic rings. The van der Waals surface area contributed by atoms with Gasteiger partial charge in [0.25, 0.3) is 0 Å². The SMILES string of the molecule is CCCCNc1nc(SC)nc2c1c(NC(=O)C(F)(F)F)nn2C. The van der Waals surface area contributed by atoms with Crippen LogP contribution in [0.5, 0.6) is 0 Å². The number of anilines is 2. The summed E-state index contributed by atoms with van der Waals surface area (Å²) in [6.07, 6.45) is -1.40. The smallest absolute Gasteiger partial charge is 0.369 e. The van der Waals surface area contributed by atoms with Gasteiger partial charge >= 0.3 is 12.1 Å². The van der Waals surface area contributed by atoms with Crippen LogP contribution in [-0.4, -0.2) is 44.6 Å². The van der Waals surface area contributed by atoms with Crippen LogP contribution in [0, 0.1) is 0 Å². The number of nitrogens with zero attached hydrogens (tertiary/aromatic N) is 4. The molecule has 1 amide bonds. The van der Waals surface area contributed by atoms with Crippen LogP contribution in [0.1, 0.15) is 19.8 Å². The number of halogens is 3. The van der Waals surface area contributed by atoms with Crippen molar-refractivity contribution in [2.45, 2.75) is 31.1 Å². The molecular formula is C13H17F3N6OS. The van der Waals surface area contributed by atoms with E-state index in [-0.39, 0.29) is 11.2 Å². The summed E-state index contributed by atoms with van der Waals surface area (Å²) >= 11 is 1.30. The number of unbranched alkanes of at least 4 members (excludes halogenated alkanes) is 1. The van der Waals surface area contributed by atoms with Crippen molar-refractivity contribution in [3.63, 3.8) is 0 Å². The maximum absolute atomic E-state index is 12.5. The van der Waals surface area contributed by atoms with Gasteiger partial charge < -0.3 is 10.6 Å². The number of carbonyl (C=O) groups is 1. The summed E-state index contributed by atoms with van der Waals surface area (Å²) in [5, 5.41) is 9.52. The second-order valence-corrected chi connectivity index (χ2v) is 5.74. The molecule has 0 aliphatic heterocycles. The number of aromatic nitrogens is 4. The summed E-state index contributed by atoms with van der Waals surface area (Å²) in [6, 6.07) is 0. The Hall–Kier alpha value is -2.04. The number of hydrogen-bond donors (Lipinski definition) is 2. The van der Waals surface area contributed by atoms with Crippen LogP contribution in [-0.2, 0) is 11.8 Å². The molecule has 0 saturated heterocycles. The topological polar surface area (TPSA) is 84.7 Å². The second-order valence-electron chi connectivity index (χ2n) is 4.96. The van der Waals surface area contributed by atoms with E-state index in [0.717, 1.165) is 12.8 Å². The zero-order valence-corrected chi connectivity index (χ0v) is 14.2. The van der Waals surface area contributed by atoms with Crippen LogP contribution in [0.2, 0.25) is 0 Å². The molecule has 0 aliphatic carbocycles. The summed E-state index contributed by atoms with van der Waals surface area (Å²) < 4.78 is 38.9. The number of carbonyl (C=O) groups excluding carboxylic acids is 1. The first-order valence-corrected chi connectivity index (χ1v) is 8.41. The van der Waals surface area contributed by atoms with Crippen molar-refractivity contribution in [1.29, 1.82) is 0 Å². The Morgan fingerprint density at radius 3 is 2.58 bits per heavy atom. The predicted octanol–water partition coefficient (Wildman–Crippen LogP) is 2.80. The van der Waals surface area contributed by atoms with Crippen molar-refractivity contribution in [3.8, 4) is 0 Å². The van der Waals surface area contributed by atoms with Gasteiger partial charge in [0, 0.05) is 13.6 Å². The van der Waals surface area contributed by atoms with Crippen LogP contribution in [0.15, 0.2) is 5.16 Å². The van der Waals surface area contributed by atoms with Crippen LogP contribution in [0.4, 0.5) is 24.8 Å². The molecule has 132 valence electrons. The van der Waals surface area contributed by atoms with Crippen molar-refractivity contribution in [3.05, 3.63) is 0 Å². The molecule has 24 heavy (non-hydrogen) atoms. The minimum absolute atomic E-state index is 0.221. The van der Waals surface area contributed by atoms with E-state index in [9.17, 15) is 18.0 Å². The molecule has 11 heteroatoms. The summed E-state index contributed by atoms with van der Waals surface area (Å²) in [7, 11) is 1.54. The molecule has 0 bridgehead atoms. The fourth-order valence-corrected chi connectivity index (χ4v) is 2.36. The number of nitrogens with one attached hydrogen (secondary N) is 2. The maximum Gasteiger partial charge on any atom is 0.471 e. The second kappa shape index (κ2) is 7.24. The molecule has 2 rings (SSSR count). The number of fused-ring (bicyclic) bond motifs is 1. The van der Waals surface area contributed by atoms with Gasteiger partial charge in [0.2, 0.25) is 0 Å². The first kappa shape index (κ1) is 18.3. The van der Waals surface area contributed by atoms with E-state index in [1.807, 2.05) is 6.92 Å². The number of rotatable bonds is 6. The summed E-state index contributed by atoms with van der Waals surface area (Å²) in [5.41, 5.74) is 0.339. The van der Waals surface area contributed by atoms with E-state index < -0.39 is 12.1 Å². The van der Waals surface area contributed by atoms with Gasteiger partial charge in [0.1, 0.15) is 11.2 Å². The average molecular weight is 362 g/mol. The van der Waals surface area contributed by atoms with E-state index in [0.29, 0.717) is 23.2 Å². The highest BCUT2D eigenvalue weighted by molar-refractivity contribution is 7.98. The Balaban J connectivity index is 2.50. The number of thioether (sulfide) groups is 1. The van der Waals surface area contributed by atoms with Crippen molar-refractivity contribution < 1.29 is 18.0 Å². The Labute approximate surface area is 140 Å². The van der Waals surface area contributed by atoms with Gasteiger partial charge in [-0.05, 0) is 12.7 Å². The molecule has 2 N–H and O–H groups in total. The van der Waals surface area contributed by atoms with Crippen LogP contribution in [0.25, 0.3) is 11.0 Å². The van der Waals surface area contributed by atoms with E-state index in [2.05, 4.69) is 20.4 Å². The fraction of sp³-hybridized carbons (Fsp3) is 0.538. The molecule has 7 nitrogen and oxygen atoms in total. The zero-order valence-electron chi connectivity index (χ0n) is 13.4. The van der Waals surface area contributed by atoms with Crippen LogP contribution < -0.4 is 10.6 Å². The number of aryl methyl sites for hydroxylation is 1. The lowest BCUT2D eigenvalue weighted by Gasteiger charge is -2.09. The Morgan fingerprint density at radius 2 is 2.00 bits per heavy atom. The monoisotopic (exact) mass is 362 g/mol. The van der Waals surface area contributed by atoms with Gasteiger partial charge in [0.15, 0.2) is 16.6 Å². The van der Waals surface area contributed by atoms with Crippen molar-refractivity contribution in [2.75, 3.05) is 23.4 Å². The Bertz CT molecular complexity index is 745. The first-order valence-electron chi connectivity index (χ1n) is 7.18. The third-order valence-electron chi connectivity index (χ3n) is 3.16. The molecule has 0 saturated carbocycles. The van der Waals surface area contributed by atoms with Gasteiger partial charge in [-0.15, -0.1) is 0 Å². The molecule has 0 aliphatic rings. The largest absolute Gasteiger partial charge is 0.471 e. The van der Waals surface area contributed by atoms with E-state index in [4.69, 9.17) is 0 Å². The van der Waals surface area contributed by atoms with E-state index in [1.54, 1.807) is 18.6 Å². The van der Waals surface area contributed by atoms with Crippen molar-refractivity contribution >= 4 is 40.3 Å². The summed E-state index contributed by atoms with van der Waals surface area (Å²) in [5.74, 6) is -1.96. The van der Waals surface area contributed by atoms with Crippen LogP contribution >= 0.6 is 11.8 Å². The van der Waals surface area contributed by atoms with Crippen molar-refractivity contribution in [2.24, 2.45) is 7.05 Å². The molecule has 2 heterocycles. The minimum atomic E-state index is -5.00. The van der Waals surface area contributed by atoms with Gasteiger partial charge in [-0.2, -0.15) is 18.3 Å². The van der Waals surface area contributed by atoms with E-state index in [1.165, 1.54) is 16.4 Å². The summed E-state index contributed by atoms with van der Waals surface area (Å²) in [6.45, 7) is 2.61. The quantitative estimate of drug-likeness (QED) is 0.467. The maximum atomic E-state index is 12.5. The molecule has 0 aromatic carbocycles. The van der Waals surface area contributed by atoms with Gasteiger partial charge in [-0.3, -0.25) is 4.79 Å². The molecular weight excluding hydrogens is 345 g/mol. The highest BCUT2D eigenvalue weighted by Crippen LogP contribution is 2.30. The van der Waals surface area contributed by atoms with Gasteiger partial charge in [-0.25, -0.2) is 14.6 Å². The highest BCUT2D eigenvalue weighted by atomic mass is 32.2. The molecule has 0 radical (unpaired) electrons. The molecule has 2 aromatic heterocycles. The third-order valence-corrected chi connectivity index (χ3v) is 3.71. The molecule has 0 spiro atoms. The van der Waals surface area contributed by atoms with E-state index >= 15 is 0 Å². The fourth-order valence-electron chi connectivity index (χ4n) is 2.00. The Morgan fingerprint density at radius 1 is 1.29 bits per heavy atom. The minimum Gasteiger partial charge on any atom is -0.369 e. The van der Waals surface area contributed by atoms with Crippen molar-refractivity contribution in [1.82, 2.24) is 19.7 Å². The van der Waals surface area contributed by atoms with Gasteiger partial charge in [0.05, 0.1) is 0 Å². The predicted molar refractivity (Wildman–Crippen MR) is 86.2 cm³/mol. The molecule has 0 fully saturated rings. The third kappa shape index (κ3) is 3.89. The standard InChI is InChI=1S/C13H17F3N6OS/c1-4-5-6-17-8-7-9(18-11(23)13(14,15)16)21-22(2)10(7)20-12(19-8)24-3/h4-6H2,1-3H3,(H,17,19,20)(H,18,21,23). The number of alkyl halides is 3. The normalized spacial score (nSPS) is 11.8. The summed E-state index contributed by atoms with van der Waals surface area (Å²) in [4.78, 5) is 19.8. The number of amides is 1. The zero-order chi connectivity index (χ0) is 17.9. The lowest BCUT2D eigenvalue weighted by molar-refractivity contribution is -0.167. The lowest BCUT2D eigenvalue weighted by atomic mass is 10.3.